The van der Waals surface area contributed by atoms with E-state index < -0.39 is 5.43 Å². The molecule has 0 atom stereocenters. The molecule has 24 heavy (non-hydrogen) atoms. The molecule has 0 saturated heterocycles. The molecular weight excluding hydrogens is 306 g/mol. The smallest absolute Gasteiger partial charge is 0.216 e. The normalized spacial score (nSPS) is 11.0. The molecule has 0 unspecified atom stereocenters. The minimum Gasteiger partial charge on any atom is -0.491 e. The average molecular weight is 323 g/mol. The maximum atomic E-state index is 12.8. The highest BCUT2D eigenvalue weighted by molar-refractivity contribution is 6.16. The number of anilines is 1. The Hall–Kier alpha value is -3.08. The fourth-order valence-electron chi connectivity index (χ4n) is 2.49. The molecule has 1 aromatic heterocycles. The number of carbonyl (C=O) groups excluding carboxylic acids is 1. The summed E-state index contributed by atoms with van der Waals surface area (Å²) < 4.78 is 10.9. The van der Waals surface area contributed by atoms with Crippen molar-refractivity contribution in [1.29, 1.82) is 0 Å². The SMILES string of the molecule is CC(C)Oc1ccc(C(=O)c2cccc3occ(N)c(=O)c23)cc1. The molecule has 0 spiro atoms. The number of fused-ring (bicyclic) bond motifs is 1. The van der Waals surface area contributed by atoms with Gasteiger partial charge in [0.25, 0.3) is 0 Å². The van der Waals surface area contributed by atoms with Gasteiger partial charge in [-0.2, -0.15) is 0 Å². The van der Waals surface area contributed by atoms with Gasteiger partial charge in [0.1, 0.15) is 23.3 Å². The molecule has 0 saturated carbocycles. The monoisotopic (exact) mass is 323 g/mol. The molecule has 5 nitrogen and oxygen atoms in total. The Labute approximate surface area is 138 Å². The van der Waals surface area contributed by atoms with Gasteiger partial charge >= 0.3 is 0 Å². The first-order chi connectivity index (χ1) is 11.5. The molecule has 2 N–H and O–H groups in total. The molecule has 3 aromatic rings. The zero-order valence-corrected chi connectivity index (χ0v) is 13.4. The van der Waals surface area contributed by atoms with Crippen LogP contribution in [0.5, 0.6) is 5.75 Å². The Morgan fingerprint density at radius 3 is 2.50 bits per heavy atom. The van der Waals surface area contributed by atoms with E-state index in [4.69, 9.17) is 14.9 Å². The maximum absolute atomic E-state index is 12.8. The van der Waals surface area contributed by atoms with E-state index >= 15 is 0 Å². The number of hydrogen-bond donors (Lipinski definition) is 1. The number of ether oxygens (including phenoxy) is 1. The lowest BCUT2D eigenvalue weighted by Gasteiger charge is -2.10. The number of rotatable bonds is 4. The zero-order valence-electron chi connectivity index (χ0n) is 13.4. The van der Waals surface area contributed by atoms with Crippen molar-refractivity contribution in [3.63, 3.8) is 0 Å². The zero-order chi connectivity index (χ0) is 17.3. The summed E-state index contributed by atoms with van der Waals surface area (Å²) in [6.07, 6.45) is 1.24. The highest BCUT2D eigenvalue weighted by atomic mass is 16.5. The molecule has 2 aromatic carbocycles. The van der Waals surface area contributed by atoms with Crippen LogP contribution in [0.15, 0.2) is 57.9 Å². The molecule has 0 aliphatic rings. The van der Waals surface area contributed by atoms with Crippen LogP contribution in [-0.2, 0) is 0 Å². The van der Waals surface area contributed by atoms with Gasteiger partial charge in [0.05, 0.1) is 11.5 Å². The van der Waals surface area contributed by atoms with Crippen LogP contribution in [0.25, 0.3) is 11.0 Å². The second kappa shape index (κ2) is 6.20. The Bertz CT molecular complexity index is 955. The van der Waals surface area contributed by atoms with Crippen LogP contribution in [0.4, 0.5) is 5.69 Å². The highest BCUT2D eigenvalue weighted by Gasteiger charge is 2.17. The third kappa shape index (κ3) is 2.88. The van der Waals surface area contributed by atoms with Crippen molar-refractivity contribution < 1.29 is 13.9 Å². The van der Waals surface area contributed by atoms with Gasteiger partial charge in [0.15, 0.2) is 5.78 Å². The molecule has 1 heterocycles. The quantitative estimate of drug-likeness (QED) is 0.744. The van der Waals surface area contributed by atoms with Crippen LogP contribution >= 0.6 is 0 Å². The second-order valence-corrected chi connectivity index (χ2v) is 5.72. The standard InChI is InChI=1S/C19H17NO4/c1-11(2)24-13-8-6-12(7-9-13)18(21)14-4-3-5-16-17(14)19(22)15(20)10-23-16/h3-11H,20H2,1-2H3. The lowest BCUT2D eigenvalue weighted by Crippen LogP contribution is -2.12. The van der Waals surface area contributed by atoms with Crippen LogP contribution < -0.4 is 15.9 Å². The fourth-order valence-corrected chi connectivity index (χ4v) is 2.49. The summed E-state index contributed by atoms with van der Waals surface area (Å²) in [5, 5.41) is 0.199. The maximum Gasteiger partial charge on any atom is 0.216 e. The Morgan fingerprint density at radius 1 is 1.12 bits per heavy atom. The minimum atomic E-state index is -0.403. The fraction of sp³-hybridized carbons (Fsp3) is 0.158. The van der Waals surface area contributed by atoms with Crippen LogP contribution in [0.3, 0.4) is 0 Å². The van der Waals surface area contributed by atoms with Gasteiger partial charge in [-0.15, -0.1) is 0 Å². The molecule has 0 aliphatic heterocycles. The molecular formula is C19H17NO4. The molecule has 0 radical (unpaired) electrons. The molecule has 122 valence electrons. The first-order valence-corrected chi connectivity index (χ1v) is 7.59. The van der Waals surface area contributed by atoms with Gasteiger partial charge in [0, 0.05) is 11.1 Å². The first-order valence-electron chi connectivity index (χ1n) is 7.59. The van der Waals surface area contributed by atoms with Gasteiger partial charge < -0.3 is 14.9 Å². The van der Waals surface area contributed by atoms with Gasteiger partial charge in [-0.25, -0.2) is 0 Å². The number of nitrogens with two attached hydrogens (primary N) is 1. The third-order valence-electron chi connectivity index (χ3n) is 3.56. The van der Waals surface area contributed by atoms with E-state index in [9.17, 15) is 9.59 Å². The summed E-state index contributed by atoms with van der Waals surface area (Å²) in [5.74, 6) is 0.415. The molecule has 0 aliphatic carbocycles. The van der Waals surface area contributed by atoms with Gasteiger partial charge in [-0.05, 0) is 44.2 Å². The van der Waals surface area contributed by atoms with Crippen molar-refractivity contribution in [1.82, 2.24) is 0 Å². The van der Waals surface area contributed by atoms with E-state index in [1.165, 1.54) is 6.26 Å². The van der Waals surface area contributed by atoms with E-state index in [2.05, 4.69) is 0 Å². The first kappa shape index (κ1) is 15.8. The van der Waals surface area contributed by atoms with E-state index in [1.54, 1.807) is 42.5 Å². The van der Waals surface area contributed by atoms with Crippen LogP contribution in [-0.4, -0.2) is 11.9 Å². The van der Waals surface area contributed by atoms with Gasteiger partial charge in [0.2, 0.25) is 5.43 Å². The van der Waals surface area contributed by atoms with Crippen molar-refractivity contribution in [3.8, 4) is 5.75 Å². The molecule has 0 fully saturated rings. The van der Waals surface area contributed by atoms with Crippen molar-refractivity contribution in [3.05, 3.63) is 70.1 Å². The summed E-state index contributed by atoms with van der Waals surface area (Å²) in [6, 6.07) is 11.7. The Balaban J connectivity index is 2.06. The van der Waals surface area contributed by atoms with E-state index in [0.717, 1.165) is 0 Å². The number of carbonyl (C=O) groups is 1. The van der Waals surface area contributed by atoms with Crippen molar-refractivity contribution in [2.24, 2.45) is 0 Å². The van der Waals surface area contributed by atoms with E-state index in [1.807, 2.05) is 13.8 Å². The van der Waals surface area contributed by atoms with Crippen molar-refractivity contribution in [2.45, 2.75) is 20.0 Å². The summed E-state index contributed by atoms with van der Waals surface area (Å²) in [4.78, 5) is 25.1. The molecule has 3 rings (SSSR count). The predicted octanol–water partition coefficient (Wildman–Crippen LogP) is 3.39. The summed E-state index contributed by atoms with van der Waals surface area (Å²) >= 11 is 0. The summed E-state index contributed by atoms with van der Waals surface area (Å²) in [5.41, 5.74) is 6.26. The number of benzene rings is 2. The number of nitrogen functional groups attached to an aromatic ring is 1. The van der Waals surface area contributed by atoms with Crippen LogP contribution in [0.2, 0.25) is 0 Å². The third-order valence-corrected chi connectivity index (χ3v) is 3.56. The predicted molar refractivity (Wildman–Crippen MR) is 92.5 cm³/mol. The van der Waals surface area contributed by atoms with Crippen LogP contribution in [0.1, 0.15) is 29.8 Å². The Morgan fingerprint density at radius 2 is 1.83 bits per heavy atom. The second-order valence-electron chi connectivity index (χ2n) is 5.72. The Kier molecular flexibility index (Phi) is 4.08. The van der Waals surface area contributed by atoms with Crippen molar-refractivity contribution in [2.75, 3.05) is 5.73 Å². The van der Waals surface area contributed by atoms with Crippen LogP contribution in [0, 0.1) is 0 Å². The summed E-state index contributed by atoms with van der Waals surface area (Å²) in [7, 11) is 0. The average Bonchev–Trinajstić information content (AvgIpc) is 2.57. The number of hydrogen-bond acceptors (Lipinski definition) is 5. The molecule has 0 amide bonds. The summed E-state index contributed by atoms with van der Waals surface area (Å²) in [6.45, 7) is 3.86. The lowest BCUT2D eigenvalue weighted by atomic mass is 9.99. The lowest BCUT2D eigenvalue weighted by molar-refractivity contribution is 0.104. The van der Waals surface area contributed by atoms with Crippen molar-refractivity contribution >= 4 is 22.4 Å². The minimum absolute atomic E-state index is 0.0246. The molecule has 0 bridgehead atoms. The number of ketones is 1. The molecule has 5 heteroatoms. The van der Waals surface area contributed by atoms with Gasteiger partial charge in [-0.1, -0.05) is 12.1 Å². The van der Waals surface area contributed by atoms with E-state index in [0.29, 0.717) is 16.9 Å². The largest absolute Gasteiger partial charge is 0.491 e. The van der Waals surface area contributed by atoms with Gasteiger partial charge in [-0.3, -0.25) is 9.59 Å². The highest BCUT2D eigenvalue weighted by Crippen LogP contribution is 2.21. The van der Waals surface area contributed by atoms with E-state index in [-0.39, 0.29) is 28.5 Å². The topological polar surface area (TPSA) is 82.5 Å².